The molecule has 0 saturated carbocycles. The van der Waals surface area contributed by atoms with Crippen LogP contribution in [0.3, 0.4) is 0 Å². The SMILES string of the molecule is CC1=C(CCC(C)CCCC(C)CCCC(C)CCCC(C)CCCC(C)CCCC(C)CCCC(C)C)C(=O)c2ccccc2C1=O. The van der Waals surface area contributed by atoms with Crippen LogP contribution in [0.1, 0.15) is 211 Å². The van der Waals surface area contributed by atoms with E-state index in [0.29, 0.717) is 22.6 Å². The third-order valence-corrected chi connectivity index (χ3v) is 11.8. The maximum absolute atomic E-state index is 13.0. The molecule has 48 heavy (non-hydrogen) atoms. The van der Waals surface area contributed by atoms with Gasteiger partial charge in [-0.25, -0.2) is 0 Å². The second-order valence-electron chi connectivity index (χ2n) is 17.5. The molecule has 0 spiro atoms. The van der Waals surface area contributed by atoms with Gasteiger partial charge in [-0.2, -0.15) is 0 Å². The molecule has 0 fully saturated rings. The summed E-state index contributed by atoms with van der Waals surface area (Å²) in [7, 11) is 0. The van der Waals surface area contributed by atoms with Crippen molar-refractivity contribution >= 4 is 11.6 Å². The highest BCUT2D eigenvalue weighted by Gasteiger charge is 2.29. The van der Waals surface area contributed by atoms with Gasteiger partial charge in [0, 0.05) is 22.3 Å². The Kier molecular flexibility index (Phi) is 20.9. The van der Waals surface area contributed by atoms with E-state index in [-0.39, 0.29) is 11.6 Å². The molecule has 1 aromatic carbocycles. The van der Waals surface area contributed by atoms with Crippen molar-refractivity contribution in [3.05, 3.63) is 46.5 Å². The topological polar surface area (TPSA) is 34.1 Å². The van der Waals surface area contributed by atoms with E-state index < -0.39 is 0 Å². The highest BCUT2D eigenvalue weighted by Crippen LogP contribution is 2.31. The van der Waals surface area contributed by atoms with Gasteiger partial charge in [0.1, 0.15) is 0 Å². The number of ketones is 2. The lowest BCUT2D eigenvalue weighted by molar-refractivity contribution is 0.0971. The van der Waals surface area contributed by atoms with E-state index in [1.54, 1.807) is 12.1 Å². The van der Waals surface area contributed by atoms with Crippen molar-refractivity contribution in [1.82, 2.24) is 0 Å². The number of allylic oxidation sites excluding steroid dienone is 2. The van der Waals surface area contributed by atoms with Gasteiger partial charge in [0.2, 0.25) is 0 Å². The number of carbonyl (C=O) groups excluding carboxylic acids is 2. The van der Waals surface area contributed by atoms with Crippen LogP contribution in [-0.4, -0.2) is 11.6 Å². The zero-order valence-electron chi connectivity index (χ0n) is 33.3. The highest BCUT2D eigenvalue weighted by molar-refractivity contribution is 6.26. The molecule has 0 aromatic heterocycles. The van der Waals surface area contributed by atoms with Crippen molar-refractivity contribution in [1.29, 1.82) is 0 Å². The molecule has 274 valence electrons. The highest BCUT2D eigenvalue weighted by atomic mass is 16.1. The third-order valence-electron chi connectivity index (χ3n) is 11.8. The number of fused-ring (bicyclic) bond motifs is 1. The number of hydrogen-bond acceptors (Lipinski definition) is 2. The first-order valence-electron chi connectivity index (χ1n) is 20.8. The summed E-state index contributed by atoms with van der Waals surface area (Å²) in [6.45, 7) is 21.2. The summed E-state index contributed by atoms with van der Waals surface area (Å²) in [5.41, 5.74) is 2.55. The number of rotatable bonds is 27. The standard InChI is InChI=1S/C46H78O2/c1-34(2)18-12-19-35(3)20-13-21-36(4)22-14-23-37(5)24-15-25-38(6)26-16-27-39(7)28-17-29-40(8)32-33-42-41(9)45(47)43-30-10-11-31-44(43)46(42)48/h10-11,30-31,34-40H,12-29,32-33H2,1-9H3. The summed E-state index contributed by atoms with van der Waals surface area (Å²) < 4.78 is 0. The minimum absolute atomic E-state index is 0.0275. The van der Waals surface area contributed by atoms with Gasteiger partial charge in [0.05, 0.1) is 0 Å². The second-order valence-corrected chi connectivity index (χ2v) is 17.5. The van der Waals surface area contributed by atoms with Gasteiger partial charge in [-0.3, -0.25) is 9.59 Å². The van der Waals surface area contributed by atoms with Crippen LogP contribution < -0.4 is 0 Å². The van der Waals surface area contributed by atoms with Gasteiger partial charge in [0.25, 0.3) is 0 Å². The van der Waals surface area contributed by atoms with E-state index in [9.17, 15) is 9.59 Å². The Morgan fingerprint density at radius 3 is 1.04 bits per heavy atom. The van der Waals surface area contributed by atoms with Crippen LogP contribution in [-0.2, 0) is 0 Å². The Bertz CT molecular complexity index is 1080. The number of benzene rings is 1. The largest absolute Gasteiger partial charge is 0.289 e. The Balaban J connectivity index is 1.46. The lowest BCUT2D eigenvalue weighted by Gasteiger charge is -2.20. The molecular weight excluding hydrogens is 585 g/mol. The van der Waals surface area contributed by atoms with Crippen molar-refractivity contribution in [2.75, 3.05) is 0 Å². The minimum atomic E-state index is 0.0275. The molecule has 1 aliphatic rings. The summed E-state index contributed by atoms with van der Waals surface area (Å²) in [5, 5.41) is 0. The van der Waals surface area contributed by atoms with E-state index >= 15 is 0 Å². The molecule has 0 amide bonds. The molecule has 1 aliphatic carbocycles. The minimum Gasteiger partial charge on any atom is -0.289 e. The fourth-order valence-corrected chi connectivity index (χ4v) is 8.06. The Hall–Kier alpha value is -1.70. The molecule has 1 aromatic rings. The molecular formula is C46H78O2. The quantitative estimate of drug-likeness (QED) is 0.0939. The third kappa shape index (κ3) is 16.8. The smallest absolute Gasteiger partial charge is 0.190 e. The summed E-state index contributed by atoms with van der Waals surface area (Å²) in [6, 6.07) is 7.28. The first kappa shape index (κ1) is 42.5. The van der Waals surface area contributed by atoms with E-state index in [4.69, 9.17) is 0 Å². The van der Waals surface area contributed by atoms with Crippen LogP contribution in [0, 0.1) is 41.4 Å². The maximum Gasteiger partial charge on any atom is 0.190 e. The summed E-state index contributed by atoms with van der Waals surface area (Å²) >= 11 is 0. The Labute approximate surface area is 299 Å². The molecule has 0 N–H and O–H groups in total. The lowest BCUT2D eigenvalue weighted by atomic mass is 9.81. The zero-order chi connectivity index (χ0) is 35.5. The number of Topliss-reactive ketones (excluding diaryl/α,β-unsaturated/α-hetero) is 2. The predicted octanol–water partition coefficient (Wildman–Crippen LogP) is 14.7. The first-order chi connectivity index (χ1) is 22.9. The fourth-order valence-electron chi connectivity index (χ4n) is 8.06. The maximum atomic E-state index is 13.0. The van der Waals surface area contributed by atoms with Gasteiger partial charge >= 0.3 is 0 Å². The number of carbonyl (C=O) groups is 2. The molecule has 2 rings (SSSR count). The average Bonchev–Trinajstić information content (AvgIpc) is 3.03. The number of hydrogen-bond donors (Lipinski definition) is 0. The monoisotopic (exact) mass is 663 g/mol. The van der Waals surface area contributed by atoms with Gasteiger partial charge in [0.15, 0.2) is 11.6 Å². The predicted molar refractivity (Wildman–Crippen MR) is 210 cm³/mol. The van der Waals surface area contributed by atoms with Crippen LogP contribution in [0.2, 0.25) is 0 Å². The molecule has 0 aliphatic heterocycles. The van der Waals surface area contributed by atoms with Crippen LogP contribution in [0.15, 0.2) is 35.4 Å². The van der Waals surface area contributed by atoms with Crippen LogP contribution in [0.5, 0.6) is 0 Å². The molecule has 0 bridgehead atoms. The van der Waals surface area contributed by atoms with Crippen molar-refractivity contribution in [3.63, 3.8) is 0 Å². The molecule has 2 nitrogen and oxygen atoms in total. The van der Waals surface area contributed by atoms with E-state index in [1.807, 2.05) is 19.1 Å². The summed E-state index contributed by atoms with van der Waals surface area (Å²) in [6.07, 6.45) is 26.6. The molecule has 0 heterocycles. The van der Waals surface area contributed by atoms with Crippen LogP contribution >= 0.6 is 0 Å². The lowest BCUT2D eigenvalue weighted by Crippen LogP contribution is -2.21. The molecule has 0 saturated heterocycles. The Morgan fingerprint density at radius 1 is 0.417 bits per heavy atom. The molecule has 0 radical (unpaired) electrons. The van der Waals surface area contributed by atoms with Gasteiger partial charge in [-0.15, -0.1) is 0 Å². The van der Waals surface area contributed by atoms with Crippen molar-refractivity contribution in [3.8, 4) is 0 Å². The van der Waals surface area contributed by atoms with Crippen molar-refractivity contribution < 1.29 is 9.59 Å². The molecule has 6 unspecified atom stereocenters. The van der Waals surface area contributed by atoms with E-state index in [1.165, 1.54) is 116 Å². The fraction of sp³-hybridized carbons (Fsp3) is 0.783. The van der Waals surface area contributed by atoms with Gasteiger partial charge in [-0.1, -0.05) is 195 Å². The summed E-state index contributed by atoms with van der Waals surface area (Å²) in [5.74, 6) is 5.88. The first-order valence-corrected chi connectivity index (χ1v) is 20.8. The average molecular weight is 663 g/mol. The summed E-state index contributed by atoms with van der Waals surface area (Å²) in [4.78, 5) is 25.8. The van der Waals surface area contributed by atoms with Crippen molar-refractivity contribution in [2.45, 2.75) is 191 Å². The van der Waals surface area contributed by atoms with E-state index in [0.717, 1.165) is 53.9 Å². The second kappa shape index (κ2) is 23.7. The van der Waals surface area contributed by atoms with Crippen LogP contribution in [0.25, 0.3) is 0 Å². The molecule has 6 atom stereocenters. The van der Waals surface area contributed by atoms with E-state index in [2.05, 4.69) is 55.4 Å². The normalized spacial score (nSPS) is 17.4. The van der Waals surface area contributed by atoms with Crippen LogP contribution in [0.4, 0.5) is 0 Å². The van der Waals surface area contributed by atoms with Crippen molar-refractivity contribution in [2.24, 2.45) is 41.4 Å². The van der Waals surface area contributed by atoms with Gasteiger partial charge in [-0.05, 0) is 61.2 Å². The Morgan fingerprint density at radius 2 is 0.708 bits per heavy atom. The van der Waals surface area contributed by atoms with Gasteiger partial charge < -0.3 is 0 Å². The molecule has 2 heteroatoms. The zero-order valence-corrected chi connectivity index (χ0v) is 33.3.